The van der Waals surface area contributed by atoms with Crippen molar-refractivity contribution in [2.45, 2.75) is 45.1 Å². The quantitative estimate of drug-likeness (QED) is 0.804. The van der Waals surface area contributed by atoms with Crippen molar-refractivity contribution in [2.24, 2.45) is 0 Å². The maximum Gasteiger partial charge on any atom is 0.229 e. The van der Waals surface area contributed by atoms with E-state index in [0.29, 0.717) is 36.5 Å². The van der Waals surface area contributed by atoms with Crippen LogP contribution in [0.5, 0.6) is 11.5 Å². The fourth-order valence-electron chi connectivity index (χ4n) is 4.43. The Kier molecular flexibility index (Phi) is 5.65. The minimum atomic E-state index is 0.0940. The largest absolute Gasteiger partial charge is 0.493 e. The molecule has 0 atom stereocenters. The number of aryl methyl sites for hydroxylation is 1. The van der Waals surface area contributed by atoms with Gasteiger partial charge in [-0.2, -0.15) is 4.98 Å². The minimum absolute atomic E-state index is 0.0940. The van der Waals surface area contributed by atoms with Crippen LogP contribution in [0.1, 0.15) is 37.7 Å². The summed E-state index contributed by atoms with van der Waals surface area (Å²) in [6, 6.07) is 4.26. The molecule has 0 radical (unpaired) electrons. The second kappa shape index (κ2) is 8.38. The van der Waals surface area contributed by atoms with Crippen molar-refractivity contribution >= 4 is 29.0 Å². The van der Waals surface area contributed by atoms with Crippen LogP contribution in [0, 0.1) is 6.92 Å². The highest BCUT2D eigenvalue weighted by atomic mass is 16.5. The monoisotopic (exact) mass is 411 g/mol. The van der Waals surface area contributed by atoms with Crippen LogP contribution in [0.15, 0.2) is 18.3 Å². The highest BCUT2D eigenvalue weighted by Crippen LogP contribution is 2.37. The van der Waals surface area contributed by atoms with Crippen LogP contribution in [0.4, 0.5) is 23.1 Å². The standard InChI is InChI=1S/C22H29N5O3/c1-14-11-15(12-18(29-3)20(14)30-4)24-22-23-13-17-21(25-22)27(16-7-5-6-8-16)10-9-19(28)26(17)2/h11-13,16H,5-10H2,1-4H3,(H,23,24,25). The van der Waals surface area contributed by atoms with Crippen LogP contribution in [0.2, 0.25) is 0 Å². The van der Waals surface area contributed by atoms with Gasteiger partial charge in [-0.3, -0.25) is 4.79 Å². The molecule has 1 aliphatic heterocycles. The van der Waals surface area contributed by atoms with Crippen LogP contribution in [-0.2, 0) is 4.79 Å². The molecule has 4 rings (SSSR count). The number of benzene rings is 1. The molecule has 1 aliphatic carbocycles. The Bertz CT molecular complexity index is 943. The number of rotatable bonds is 5. The smallest absolute Gasteiger partial charge is 0.229 e. The summed E-state index contributed by atoms with van der Waals surface area (Å²) in [5.41, 5.74) is 2.53. The number of fused-ring (bicyclic) bond motifs is 1. The maximum atomic E-state index is 12.5. The van der Waals surface area contributed by atoms with Crippen LogP contribution in [0.3, 0.4) is 0 Å². The number of amides is 1. The normalized spacial score (nSPS) is 17.0. The second-order valence-electron chi connectivity index (χ2n) is 7.89. The van der Waals surface area contributed by atoms with Crippen molar-refractivity contribution in [3.8, 4) is 11.5 Å². The molecule has 1 fully saturated rings. The number of hydrogen-bond donors (Lipinski definition) is 1. The Morgan fingerprint density at radius 2 is 1.93 bits per heavy atom. The van der Waals surface area contributed by atoms with Gasteiger partial charge in [0.1, 0.15) is 5.69 Å². The zero-order chi connectivity index (χ0) is 21.3. The zero-order valence-corrected chi connectivity index (χ0v) is 18.1. The first kappa shape index (κ1) is 20.3. The average Bonchev–Trinajstić information content (AvgIpc) is 3.24. The van der Waals surface area contributed by atoms with Crippen LogP contribution in [0.25, 0.3) is 0 Å². The summed E-state index contributed by atoms with van der Waals surface area (Å²) in [4.78, 5) is 25.8. The molecular formula is C22H29N5O3. The van der Waals surface area contributed by atoms with Gasteiger partial charge in [0.25, 0.3) is 0 Å². The lowest BCUT2D eigenvalue weighted by molar-refractivity contribution is -0.118. The number of hydrogen-bond acceptors (Lipinski definition) is 7. The number of nitrogens with zero attached hydrogens (tertiary/aromatic N) is 4. The summed E-state index contributed by atoms with van der Waals surface area (Å²) >= 11 is 0. The lowest BCUT2D eigenvalue weighted by Gasteiger charge is -2.30. The van der Waals surface area contributed by atoms with Gasteiger partial charge in [0.2, 0.25) is 11.9 Å². The van der Waals surface area contributed by atoms with Crippen molar-refractivity contribution in [1.29, 1.82) is 0 Å². The van der Waals surface area contributed by atoms with Gasteiger partial charge in [-0.1, -0.05) is 12.8 Å². The molecule has 30 heavy (non-hydrogen) atoms. The number of nitrogens with one attached hydrogen (secondary N) is 1. The number of methoxy groups -OCH3 is 2. The molecule has 2 aliphatic rings. The van der Waals surface area contributed by atoms with Gasteiger partial charge >= 0.3 is 0 Å². The van der Waals surface area contributed by atoms with Gasteiger partial charge in [0, 0.05) is 37.8 Å². The lowest BCUT2D eigenvalue weighted by atomic mass is 10.2. The molecule has 1 saturated carbocycles. The van der Waals surface area contributed by atoms with E-state index in [1.165, 1.54) is 12.8 Å². The van der Waals surface area contributed by atoms with Gasteiger partial charge < -0.3 is 24.6 Å². The van der Waals surface area contributed by atoms with E-state index in [9.17, 15) is 4.79 Å². The molecule has 8 nitrogen and oxygen atoms in total. The number of anilines is 4. The highest BCUT2D eigenvalue weighted by Gasteiger charge is 2.31. The topological polar surface area (TPSA) is 79.8 Å². The molecule has 0 bridgehead atoms. The Morgan fingerprint density at radius 1 is 1.17 bits per heavy atom. The molecule has 1 aromatic carbocycles. The molecular weight excluding hydrogens is 382 g/mol. The predicted molar refractivity (Wildman–Crippen MR) is 117 cm³/mol. The van der Waals surface area contributed by atoms with E-state index in [1.54, 1.807) is 32.4 Å². The fourth-order valence-corrected chi connectivity index (χ4v) is 4.43. The summed E-state index contributed by atoms with van der Waals surface area (Å²) in [5.74, 6) is 2.76. The summed E-state index contributed by atoms with van der Waals surface area (Å²) < 4.78 is 10.9. The van der Waals surface area contributed by atoms with Gasteiger partial charge in [-0.15, -0.1) is 0 Å². The SMILES string of the molecule is COc1cc(Nc2ncc3c(n2)N(C2CCCC2)CCC(=O)N3C)cc(C)c1OC. The first-order valence-electron chi connectivity index (χ1n) is 10.4. The van der Waals surface area contributed by atoms with Crippen LogP contribution < -0.4 is 24.6 Å². The van der Waals surface area contributed by atoms with E-state index in [-0.39, 0.29) is 5.91 Å². The zero-order valence-electron chi connectivity index (χ0n) is 18.1. The van der Waals surface area contributed by atoms with Crippen molar-refractivity contribution in [3.05, 3.63) is 23.9 Å². The van der Waals surface area contributed by atoms with Gasteiger partial charge in [0.15, 0.2) is 17.3 Å². The Hall–Kier alpha value is -3.03. The Labute approximate surface area is 177 Å². The number of carbonyl (C=O) groups excluding carboxylic acids is 1. The lowest BCUT2D eigenvalue weighted by Crippen LogP contribution is -2.34. The molecule has 1 aromatic heterocycles. The molecule has 8 heteroatoms. The summed E-state index contributed by atoms with van der Waals surface area (Å²) in [6.07, 6.45) is 6.95. The van der Waals surface area contributed by atoms with Crippen molar-refractivity contribution in [3.63, 3.8) is 0 Å². The predicted octanol–water partition coefficient (Wildman–Crippen LogP) is 3.66. The van der Waals surface area contributed by atoms with E-state index in [4.69, 9.17) is 14.5 Å². The molecule has 0 saturated heterocycles. The van der Waals surface area contributed by atoms with E-state index in [0.717, 1.165) is 35.6 Å². The third-order valence-corrected chi connectivity index (χ3v) is 6.01. The van der Waals surface area contributed by atoms with Gasteiger partial charge in [-0.05, 0) is 31.4 Å². The molecule has 1 N–H and O–H groups in total. The molecule has 2 aromatic rings. The number of aromatic nitrogens is 2. The van der Waals surface area contributed by atoms with E-state index in [1.807, 2.05) is 19.1 Å². The Morgan fingerprint density at radius 3 is 2.63 bits per heavy atom. The van der Waals surface area contributed by atoms with Gasteiger partial charge in [0.05, 0.1) is 20.4 Å². The number of carbonyl (C=O) groups is 1. The average molecular weight is 412 g/mol. The van der Waals surface area contributed by atoms with E-state index in [2.05, 4.69) is 15.2 Å². The summed E-state index contributed by atoms with van der Waals surface area (Å²) in [6.45, 7) is 2.65. The summed E-state index contributed by atoms with van der Waals surface area (Å²) in [7, 11) is 5.04. The minimum Gasteiger partial charge on any atom is -0.493 e. The Balaban J connectivity index is 1.70. The third kappa shape index (κ3) is 3.74. The van der Waals surface area contributed by atoms with Crippen molar-refractivity contribution < 1.29 is 14.3 Å². The van der Waals surface area contributed by atoms with E-state index >= 15 is 0 Å². The van der Waals surface area contributed by atoms with Crippen LogP contribution in [-0.4, -0.2) is 49.7 Å². The van der Waals surface area contributed by atoms with Gasteiger partial charge in [-0.25, -0.2) is 4.98 Å². The first-order chi connectivity index (χ1) is 14.5. The molecule has 2 heterocycles. The molecule has 0 spiro atoms. The van der Waals surface area contributed by atoms with Crippen molar-refractivity contribution in [2.75, 3.05) is 42.9 Å². The molecule has 160 valence electrons. The van der Waals surface area contributed by atoms with Crippen molar-refractivity contribution in [1.82, 2.24) is 9.97 Å². The summed E-state index contributed by atoms with van der Waals surface area (Å²) in [5, 5.41) is 3.29. The fraction of sp³-hybridized carbons (Fsp3) is 0.500. The molecule has 0 unspecified atom stereocenters. The van der Waals surface area contributed by atoms with Crippen LogP contribution >= 0.6 is 0 Å². The number of ether oxygens (including phenoxy) is 2. The third-order valence-electron chi connectivity index (χ3n) is 6.01. The highest BCUT2D eigenvalue weighted by molar-refractivity contribution is 5.97. The first-order valence-corrected chi connectivity index (χ1v) is 10.4. The van der Waals surface area contributed by atoms with E-state index < -0.39 is 0 Å². The maximum absolute atomic E-state index is 12.5. The molecule has 1 amide bonds. The second-order valence-corrected chi connectivity index (χ2v) is 7.89.